The fraction of sp³-hybridized carbons (Fsp3) is 0.909. The average molecular weight is 183 g/mol. The highest BCUT2D eigenvalue weighted by atomic mass is 16.1. The summed E-state index contributed by atoms with van der Waals surface area (Å²) in [5.74, 6) is 1.01. The molecular formula is C11H21NO. The van der Waals surface area contributed by atoms with E-state index in [1.807, 2.05) is 6.92 Å². The van der Waals surface area contributed by atoms with Crippen LogP contribution >= 0.6 is 0 Å². The van der Waals surface area contributed by atoms with Gasteiger partial charge in [-0.15, -0.1) is 0 Å². The van der Waals surface area contributed by atoms with Crippen molar-refractivity contribution >= 4 is 5.78 Å². The van der Waals surface area contributed by atoms with E-state index in [2.05, 4.69) is 19.2 Å². The van der Waals surface area contributed by atoms with E-state index in [9.17, 15) is 4.79 Å². The molecule has 0 aromatic carbocycles. The minimum absolute atomic E-state index is 0.138. The highest BCUT2D eigenvalue weighted by molar-refractivity contribution is 5.84. The Hall–Kier alpha value is -0.370. The van der Waals surface area contributed by atoms with Crippen LogP contribution in [0, 0.1) is 5.92 Å². The van der Waals surface area contributed by atoms with Gasteiger partial charge in [0.25, 0.3) is 0 Å². The molecule has 0 aromatic heterocycles. The van der Waals surface area contributed by atoms with Crippen LogP contribution < -0.4 is 5.32 Å². The van der Waals surface area contributed by atoms with Crippen LogP contribution in [0.5, 0.6) is 0 Å². The number of hydrogen-bond acceptors (Lipinski definition) is 2. The Morgan fingerprint density at radius 1 is 1.46 bits per heavy atom. The normalized spacial score (nSPS) is 20.0. The van der Waals surface area contributed by atoms with Gasteiger partial charge in [0.1, 0.15) is 5.78 Å². The van der Waals surface area contributed by atoms with Crippen LogP contribution in [0.2, 0.25) is 0 Å². The molecule has 13 heavy (non-hydrogen) atoms. The second-order valence-corrected chi connectivity index (χ2v) is 4.31. The average Bonchev–Trinajstić information content (AvgIpc) is 1.98. The lowest BCUT2D eigenvalue weighted by atomic mass is 9.77. The molecule has 2 heteroatoms. The first-order valence-electron chi connectivity index (χ1n) is 5.44. The van der Waals surface area contributed by atoms with Gasteiger partial charge in [-0.25, -0.2) is 0 Å². The molecule has 1 fully saturated rings. The van der Waals surface area contributed by atoms with Crippen LogP contribution in [0.4, 0.5) is 0 Å². The Morgan fingerprint density at radius 3 is 2.38 bits per heavy atom. The van der Waals surface area contributed by atoms with E-state index in [-0.39, 0.29) is 6.04 Å². The highest BCUT2D eigenvalue weighted by Gasteiger charge is 2.31. The van der Waals surface area contributed by atoms with E-state index in [0.717, 1.165) is 0 Å². The molecule has 2 nitrogen and oxygen atoms in total. The molecule has 1 aliphatic rings. The highest BCUT2D eigenvalue weighted by Crippen LogP contribution is 2.30. The molecule has 1 atom stereocenters. The molecule has 0 aromatic rings. The van der Waals surface area contributed by atoms with Crippen molar-refractivity contribution in [3.8, 4) is 0 Å². The lowest BCUT2D eigenvalue weighted by Crippen LogP contribution is -2.48. The van der Waals surface area contributed by atoms with Gasteiger partial charge >= 0.3 is 0 Å². The Kier molecular flexibility index (Phi) is 3.91. The summed E-state index contributed by atoms with van der Waals surface area (Å²) in [6.07, 6.45) is 4.44. The van der Waals surface area contributed by atoms with Crippen LogP contribution in [0.1, 0.15) is 46.5 Å². The summed E-state index contributed by atoms with van der Waals surface area (Å²) in [7, 11) is 0. The maximum absolute atomic E-state index is 11.6. The number of ketones is 1. The van der Waals surface area contributed by atoms with Crippen LogP contribution in [-0.2, 0) is 4.79 Å². The zero-order chi connectivity index (χ0) is 9.84. The molecule has 0 bridgehead atoms. The number of carbonyl (C=O) groups excluding carboxylic acids is 1. The molecule has 0 unspecified atom stereocenters. The van der Waals surface area contributed by atoms with E-state index in [1.165, 1.54) is 19.3 Å². The van der Waals surface area contributed by atoms with E-state index in [0.29, 0.717) is 24.2 Å². The number of nitrogens with one attached hydrogen (secondary N) is 1. The fourth-order valence-corrected chi connectivity index (χ4v) is 1.84. The molecule has 0 heterocycles. The monoisotopic (exact) mass is 183 g/mol. The van der Waals surface area contributed by atoms with Gasteiger partial charge in [0.2, 0.25) is 0 Å². The van der Waals surface area contributed by atoms with Crippen molar-refractivity contribution in [3.05, 3.63) is 0 Å². The zero-order valence-electron chi connectivity index (χ0n) is 8.97. The van der Waals surface area contributed by atoms with Crippen LogP contribution in [0.25, 0.3) is 0 Å². The minimum atomic E-state index is 0.138. The van der Waals surface area contributed by atoms with Crippen LogP contribution in [0.15, 0.2) is 0 Å². The summed E-state index contributed by atoms with van der Waals surface area (Å²) in [6.45, 7) is 6.17. The second kappa shape index (κ2) is 4.75. The standard InChI is InChI=1S/C11H21NO/c1-4-10(13)11(12-8(2)3)9-6-5-7-9/h8-9,11-12H,4-7H2,1-3H3/t11-/m1/s1. The third-order valence-corrected chi connectivity index (χ3v) is 2.83. The molecule has 0 aliphatic heterocycles. The van der Waals surface area contributed by atoms with E-state index in [1.54, 1.807) is 0 Å². The summed E-state index contributed by atoms with van der Waals surface area (Å²) in [4.78, 5) is 11.6. The van der Waals surface area contributed by atoms with Crippen molar-refractivity contribution in [2.75, 3.05) is 0 Å². The van der Waals surface area contributed by atoms with E-state index in [4.69, 9.17) is 0 Å². The maximum atomic E-state index is 11.6. The summed E-state index contributed by atoms with van der Waals surface area (Å²) >= 11 is 0. The van der Waals surface area contributed by atoms with Gasteiger partial charge in [0.15, 0.2) is 0 Å². The molecule has 76 valence electrons. The lowest BCUT2D eigenvalue weighted by Gasteiger charge is -2.34. The second-order valence-electron chi connectivity index (χ2n) is 4.31. The van der Waals surface area contributed by atoms with Crippen LogP contribution in [-0.4, -0.2) is 17.9 Å². The molecule has 0 amide bonds. The SMILES string of the molecule is CCC(=O)[C@H](NC(C)C)C1CCC1. The third kappa shape index (κ3) is 2.80. The number of carbonyl (C=O) groups is 1. The number of hydrogen-bond donors (Lipinski definition) is 1. The number of rotatable bonds is 5. The number of Topliss-reactive ketones (excluding diaryl/α,β-unsaturated/α-hetero) is 1. The van der Waals surface area contributed by atoms with Crippen molar-refractivity contribution in [3.63, 3.8) is 0 Å². The lowest BCUT2D eigenvalue weighted by molar-refractivity contribution is -0.123. The van der Waals surface area contributed by atoms with Crippen molar-refractivity contribution < 1.29 is 4.79 Å². The van der Waals surface area contributed by atoms with Crippen molar-refractivity contribution in [2.24, 2.45) is 5.92 Å². The summed E-state index contributed by atoms with van der Waals surface area (Å²) in [5.41, 5.74) is 0. The Bertz CT molecular complexity index is 173. The topological polar surface area (TPSA) is 29.1 Å². The first-order chi connectivity index (χ1) is 6.15. The van der Waals surface area contributed by atoms with Crippen molar-refractivity contribution in [1.29, 1.82) is 0 Å². The molecule has 0 saturated heterocycles. The molecule has 1 saturated carbocycles. The van der Waals surface area contributed by atoms with Crippen molar-refractivity contribution in [2.45, 2.75) is 58.5 Å². The summed E-state index contributed by atoms with van der Waals surface area (Å²) in [5, 5.41) is 3.38. The van der Waals surface area contributed by atoms with Crippen molar-refractivity contribution in [1.82, 2.24) is 5.32 Å². The zero-order valence-corrected chi connectivity index (χ0v) is 8.97. The quantitative estimate of drug-likeness (QED) is 0.707. The predicted molar refractivity (Wildman–Crippen MR) is 54.7 cm³/mol. The van der Waals surface area contributed by atoms with Gasteiger partial charge < -0.3 is 5.32 Å². The largest absolute Gasteiger partial charge is 0.305 e. The first kappa shape index (κ1) is 10.7. The molecule has 1 N–H and O–H groups in total. The van der Waals surface area contributed by atoms with Gasteiger partial charge in [-0.3, -0.25) is 4.79 Å². The van der Waals surface area contributed by atoms with Gasteiger partial charge in [0.05, 0.1) is 6.04 Å². The molecule has 0 spiro atoms. The summed E-state index contributed by atoms with van der Waals surface area (Å²) < 4.78 is 0. The van der Waals surface area contributed by atoms with E-state index >= 15 is 0 Å². The Morgan fingerprint density at radius 2 is 2.08 bits per heavy atom. The summed E-state index contributed by atoms with van der Waals surface area (Å²) in [6, 6.07) is 0.555. The molecular weight excluding hydrogens is 162 g/mol. The van der Waals surface area contributed by atoms with Gasteiger partial charge in [0, 0.05) is 12.5 Å². The Balaban J connectivity index is 2.47. The first-order valence-corrected chi connectivity index (χ1v) is 5.44. The fourth-order valence-electron chi connectivity index (χ4n) is 1.84. The molecule has 1 rings (SSSR count). The smallest absolute Gasteiger partial charge is 0.149 e. The van der Waals surface area contributed by atoms with Crippen LogP contribution in [0.3, 0.4) is 0 Å². The van der Waals surface area contributed by atoms with Gasteiger partial charge in [-0.05, 0) is 18.8 Å². The molecule has 1 aliphatic carbocycles. The van der Waals surface area contributed by atoms with Gasteiger partial charge in [-0.2, -0.15) is 0 Å². The van der Waals surface area contributed by atoms with Gasteiger partial charge in [-0.1, -0.05) is 27.2 Å². The molecule has 0 radical (unpaired) electrons. The predicted octanol–water partition coefficient (Wildman–Crippen LogP) is 2.13. The minimum Gasteiger partial charge on any atom is -0.305 e. The van der Waals surface area contributed by atoms with E-state index < -0.39 is 0 Å². The third-order valence-electron chi connectivity index (χ3n) is 2.83. The Labute approximate surface area is 81.1 Å². The maximum Gasteiger partial charge on any atom is 0.149 e.